The van der Waals surface area contributed by atoms with Crippen LogP contribution in [0.4, 0.5) is 0 Å². The average molecular weight is 259 g/mol. The van der Waals surface area contributed by atoms with Crippen LogP contribution in [0.15, 0.2) is 30.9 Å². The van der Waals surface area contributed by atoms with Gasteiger partial charge in [0.25, 0.3) is 5.91 Å². The predicted octanol–water partition coefficient (Wildman–Crippen LogP) is 2.19. The summed E-state index contributed by atoms with van der Waals surface area (Å²) in [6.07, 6.45) is 6.33. The van der Waals surface area contributed by atoms with Crippen LogP contribution >= 0.6 is 0 Å². The predicted molar refractivity (Wildman–Crippen MR) is 76.3 cm³/mol. The van der Waals surface area contributed by atoms with Gasteiger partial charge in [-0.1, -0.05) is 12.1 Å². The van der Waals surface area contributed by atoms with Crippen molar-refractivity contribution in [3.63, 3.8) is 0 Å². The number of hydrogen-bond donors (Lipinski definition) is 1. The molecule has 1 aromatic carbocycles. The van der Waals surface area contributed by atoms with E-state index in [9.17, 15) is 4.79 Å². The molecule has 3 nitrogen and oxygen atoms in total. The lowest BCUT2D eigenvalue weighted by Crippen LogP contribution is -2.33. The molecule has 1 N–H and O–H groups in total. The van der Waals surface area contributed by atoms with Gasteiger partial charge in [0.05, 0.1) is 6.61 Å². The van der Waals surface area contributed by atoms with Crippen molar-refractivity contribution in [3.8, 4) is 0 Å². The zero-order valence-corrected chi connectivity index (χ0v) is 11.3. The highest BCUT2D eigenvalue weighted by Gasteiger charge is 2.17. The third kappa shape index (κ3) is 3.24. The molecule has 0 saturated heterocycles. The van der Waals surface area contributed by atoms with Crippen LogP contribution < -0.4 is 0 Å². The van der Waals surface area contributed by atoms with Crippen LogP contribution in [0.3, 0.4) is 0 Å². The monoisotopic (exact) mass is 259 g/mol. The van der Waals surface area contributed by atoms with Crippen LogP contribution in [0, 0.1) is 0 Å². The number of aliphatic hydroxyl groups excluding tert-OH is 1. The van der Waals surface area contributed by atoms with Crippen LogP contribution in [-0.2, 0) is 12.8 Å². The molecule has 0 saturated carbocycles. The van der Waals surface area contributed by atoms with Crippen molar-refractivity contribution in [2.75, 3.05) is 19.7 Å². The summed E-state index contributed by atoms with van der Waals surface area (Å²) in [5, 5.41) is 9.02. The second-order valence-electron chi connectivity index (χ2n) is 4.95. The van der Waals surface area contributed by atoms with E-state index in [1.807, 2.05) is 12.1 Å². The first kappa shape index (κ1) is 13.8. The number of benzene rings is 1. The number of aliphatic hydroxyl groups is 1. The van der Waals surface area contributed by atoms with Gasteiger partial charge in [0.2, 0.25) is 0 Å². The molecule has 0 atom stereocenters. The van der Waals surface area contributed by atoms with Gasteiger partial charge in [0.1, 0.15) is 0 Å². The summed E-state index contributed by atoms with van der Waals surface area (Å²) >= 11 is 0. The Morgan fingerprint density at radius 3 is 2.74 bits per heavy atom. The van der Waals surface area contributed by atoms with Crippen molar-refractivity contribution in [1.82, 2.24) is 4.90 Å². The van der Waals surface area contributed by atoms with Crippen molar-refractivity contribution in [3.05, 3.63) is 47.5 Å². The van der Waals surface area contributed by atoms with Crippen LogP contribution in [0.25, 0.3) is 0 Å². The van der Waals surface area contributed by atoms with Crippen LogP contribution in [-0.4, -0.2) is 35.6 Å². The third-order valence-electron chi connectivity index (χ3n) is 3.60. The minimum atomic E-state index is -0.0256. The van der Waals surface area contributed by atoms with E-state index in [1.165, 1.54) is 24.0 Å². The van der Waals surface area contributed by atoms with Crippen LogP contribution in [0.5, 0.6) is 0 Å². The van der Waals surface area contributed by atoms with Gasteiger partial charge in [-0.25, -0.2) is 0 Å². The van der Waals surface area contributed by atoms with Gasteiger partial charge < -0.3 is 10.0 Å². The standard InChI is InChI=1S/C16H21NO2/c1-2-9-17(10-11-18)16(19)15-8-7-13-5-3-4-6-14(13)12-15/h2,7-8,12,18H,1,3-6,9-11H2. The zero-order chi connectivity index (χ0) is 13.7. The summed E-state index contributed by atoms with van der Waals surface area (Å²) in [7, 11) is 0. The Kier molecular flexibility index (Phi) is 4.74. The number of rotatable bonds is 5. The quantitative estimate of drug-likeness (QED) is 0.823. The van der Waals surface area contributed by atoms with E-state index >= 15 is 0 Å². The van der Waals surface area contributed by atoms with Gasteiger partial charge in [0, 0.05) is 18.7 Å². The Morgan fingerprint density at radius 1 is 1.32 bits per heavy atom. The molecule has 0 bridgehead atoms. The molecule has 2 rings (SSSR count). The molecule has 3 heteroatoms. The van der Waals surface area contributed by atoms with Crippen molar-refractivity contribution in [1.29, 1.82) is 0 Å². The van der Waals surface area contributed by atoms with E-state index in [-0.39, 0.29) is 12.5 Å². The van der Waals surface area contributed by atoms with E-state index in [4.69, 9.17) is 5.11 Å². The number of amides is 1. The fourth-order valence-electron chi connectivity index (χ4n) is 2.60. The molecular weight excluding hydrogens is 238 g/mol. The summed E-state index contributed by atoms with van der Waals surface area (Å²) in [6.45, 7) is 4.45. The van der Waals surface area contributed by atoms with Gasteiger partial charge in [0.15, 0.2) is 0 Å². The maximum absolute atomic E-state index is 12.4. The summed E-state index contributed by atoms with van der Waals surface area (Å²) in [5.74, 6) is -0.0256. The molecule has 0 aliphatic heterocycles. The van der Waals surface area contributed by atoms with Crippen LogP contribution in [0.1, 0.15) is 34.3 Å². The molecule has 1 amide bonds. The van der Waals surface area contributed by atoms with Crippen molar-refractivity contribution < 1.29 is 9.90 Å². The summed E-state index contributed by atoms with van der Waals surface area (Å²) in [6, 6.07) is 6.00. The molecule has 1 aliphatic carbocycles. The normalized spacial score (nSPS) is 13.7. The van der Waals surface area contributed by atoms with Gasteiger partial charge in [-0.05, 0) is 48.9 Å². The fraction of sp³-hybridized carbons (Fsp3) is 0.438. The summed E-state index contributed by atoms with van der Waals surface area (Å²) < 4.78 is 0. The fourth-order valence-corrected chi connectivity index (χ4v) is 2.60. The largest absolute Gasteiger partial charge is 0.395 e. The highest BCUT2D eigenvalue weighted by atomic mass is 16.3. The van der Waals surface area contributed by atoms with E-state index in [0.29, 0.717) is 13.1 Å². The SMILES string of the molecule is C=CCN(CCO)C(=O)c1ccc2c(c1)CCCC2. The van der Waals surface area contributed by atoms with E-state index in [1.54, 1.807) is 11.0 Å². The highest BCUT2D eigenvalue weighted by molar-refractivity contribution is 5.94. The number of aryl methyl sites for hydroxylation is 2. The van der Waals surface area contributed by atoms with Crippen molar-refractivity contribution in [2.24, 2.45) is 0 Å². The molecule has 0 spiro atoms. The Bertz CT molecular complexity index is 468. The topological polar surface area (TPSA) is 40.5 Å². The summed E-state index contributed by atoms with van der Waals surface area (Å²) in [4.78, 5) is 14.0. The molecule has 0 heterocycles. The van der Waals surface area contributed by atoms with E-state index in [0.717, 1.165) is 18.4 Å². The van der Waals surface area contributed by atoms with Crippen LogP contribution in [0.2, 0.25) is 0 Å². The first-order valence-corrected chi connectivity index (χ1v) is 6.89. The first-order chi connectivity index (χ1) is 9.26. The zero-order valence-electron chi connectivity index (χ0n) is 11.3. The van der Waals surface area contributed by atoms with Gasteiger partial charge in [-0.3, -0.25) is 4.79 Å². The van der Waals surface area contributed by atoms with Gasteiger partial charge >= 0.3 is 0 Å². The summed E-state index contributed by atoms with van der Waals surface area (Å²) in [5.41, 5.74) is 3.40. The minimum absolute atomic E-state index is 0.0233. The van der Waals surface area contributed by atoms with E-state index in [2.05, 4.69) is 12.6 Å². The molecule has 0 fully saturated rings. The second kappa shape index (κ2) is 6.53. The third-order valence-corrected chi connectivity index (χ3v) is 3.60. The maximum atomic E-state index is 12.4. The highest BCUT2D eigenvalue weighted by Crippen LogP contribution is 2.22. The number of nitrogens with zero attached hydrogens (tertiary/aromatic N) is 1. The maximum Gasteiger partial charge on any atom is 0.254 e. The van der Waals surface area contributed by atoms with E-state index < -0.39 is 0 Å². The average Bonchev–Trinajstić information content (AvgIpc) is 2.46. The number of carbonyl (C=O) groups excluding carboxylic acids is 1. The molecule has 0 unspecified atom stereocenters. The minimum Gasteiger partial charge on any atom is -0.395 e. The smallest absolute Gasteiger partial charge is 0.254 e. The molecule has 1 aliphatic rings. The first-order valence-electron chi connectivity index (χ1n) is 6.89. The lowest BCUT2D eigenvalue weighted by molar-refractivity contribution is 0.0742. The Labute approximate surface area is 114 Å². The molecule has 102 valence electrons. The molecule has 0 radical (unpaired) electrons. The number of carbonyl (C=O) groups is 1. The van der Waals surface area contributed by atoms with Gasteiger partial charge in [-0.2, -0.15) is 0 Å². The molecule has 0 aromatic heterocycles. The lowest BCUT2D eigenvalue weighted by Gasteiger charge is -2.22. The Balaban J connectivity index is 2.19. The van der Waals surface area contributed by atoms with Gasteiger partial charge in [-0.15, -0.1) is 6.58 Å². The second-order valence-corrected chi connectivity index (χ2v) is 4.95. The Hall–Kier alpha value is -1.61. The number of fused-ring (bicyclic) bond motifs is 1. The molecule has 1 aromatic rings. The van der Waals surface area contributed by atoms with Crippen molar-refractivity contribution in [2.45, 2.75) is 25.7 Å². The Morgan fingerprint density at radius 2 is 2.05 bits per heavy atom. The number of hydrogen-bond acceptors (Lipinski definition) is 2. The lowest BCUT2D eigenvalue weighted by atomic mass is 9.90. The molecular formula is C16H21NO2. The van der Waals surface area contributed by atoms with Crippen molar-refractivity contribution >= 4 is 5.91 Å². The molecule has 19 heavy (non-hydrogen) atoms.